The number of para-hydroxylation sites is 1. The van der Waals surface area contributed by atoms with Crippen molar-refractivity contribution in [3.63, 3.8) is 0 Å². The summed E-state index contributed by atoms with van der Waals surface area (Å²) in [6.45, 7) is 6.87. The van der Waals surface area contributed by atoms with Crippen molar-refractivity contribution in [3.05, 3.63) is 109 Å². The van der Waals surface area contributed by atoms with Crippen molar-refractivity contribution in [1.82, 2.24) is 0 Å². The topological polar surface area (TPSA) is 12.5 Å². The van der Waals surface area contributed by atoms with Crippen LogP contribution >= 0.6 is 0 Å². The first-order valence-electron chi connectivity index (χ1n) is 11.0. The average Bonchev–Trinajstić information content (AvgIpc) is 2.85. The zero-order valence-corrected chi connectivity index (χ0v) is 18.3. The Morgan fingerprint density at radius 2 is 1.23 bits per heavy atom. The molecule has 0 saturated heterocycles. The molecule has 0 bridgehead atoms. The van der Waals surface area contributed by atoms with E-state index in [4.69, 9.17) is 4.74 Å². The highest BCUT2D eigenvalue weighted by Gasteiger charge is 2.15. The van der Waals surface area contributed by atoms with Crippen LogP contribution in [0.4, 0.5) is 5.69 Å². The lowest BCUT2D eigenvalue weighted by molar-refractivity contribution is 0.308. The van der Waals surface area contributed by atoms with Gasteiger partial charge in [0.05, 0.1) is 0 Å². The number of nitrogens with zero attached hydrogens (tertiary/aromatic N) is 1. The molecule has 0 radical (unpaired) electrons. The number of benzene rings is 4. The SMILES string of the molecule is CCN(CC)c1ccccc1COc1cccc(-c2ccccc2)c1-c1ccccc1. The molecule has 31 heavy (non-hydrogen) atoms. The minimum atomic E-state index is 0.532. The predicted molar refractivity (Wildman–Crippen MR) is 132 cm³/mol. The standard InChI is InChI=1S/C29H29NO/c1-3-30(4-2)27-20-12-11-18-25(27)22-31-28-21-13-19-26(23-14-7-5-8-15-23)29(28)24-16-9-6-10-17-24/h5-21H,3-4,22H2,1-2H3. The summed E-state index contributed by atoms with van der Waals surface area (Å²) < 4.78 is 6.49. The fourth-order valence-corrected chi connectivity index (χ4v) is 4.07. The van der Waals surface area contributed by atoms with Gasteiger partial charge in [0.25, 0.3) is 0 Å². The molecule has 156 valence electrons. The molecule has 0 aliphatic rings. The first-order valence-corrected chi connectivity index (χ1v) is 11.0. The maximum atomic E-state index is 6.49. The van der Waals surface area contributed by atoms with Crippen molar-refractivity contribution in [2.24, 2.45) is 0 Å². The maximum absolute atomic E-state index is 6.49. The van der Waals surface area contributed by atoms with E-state index in [-0.39, 0.29) is 0 Å². The summed E-state index contributed by atoms with van der Waals surface area (Å²) in [6.07, 6.45) is 0. The Hall–Kier alpha value is -3.52. The van der Waals surface area contributed by atoms with Crippen LogP contribution in [-0.4, -0.2) is 13.1 Å². The molecule has 0 saturated carbocycles. The maximum Gasteiger partial charge on any atom is 0.128 e. The molecule has 0 unspecified atom stereocenters. The van der Waals surface area contributed by atoms with Gasteiger partial charge in [0, 0.05) is 29.9 Å². The van der Waals surface area contributed by atoms with Gasteiger partial charge in [-0.25, -0.2) is 0 Å². The Morgan fingerprint density at radius 3 is 1.90 bits per heavy atom. The van der Waals surface area contributed by atoms with Crippen molar-refractivity contribution in [1.29, 1.82) is 0 Å². The molecule has 4 rings (SSSR count). The third-order valence-corrected chi connectivity index (χ3v) is 5.65. The molecule has 0 N–H and O–H groups in total. The Balaban J connectivity index is 1.74. The monoisotopic (exact) mass is 407 g/mol. The number of hydrogen-bond acceptors (Lipinski definition) is 2. The second-order valence-corrected chi connectivity index (χ2v) is 7.50. The largest absolute Gasteiger partial charge is 0.488 e. The van der Waals surface area contributed by atoms with E-state index < -0.39 is 0 Å². The Kier molecular flexibility index (Phi) is 6.68. The van der Waals surface area contributed by atoms with E-state index >= 15 is 0 Å². The number of ether oxygens (including phenoxy) is 1. The van der Waals surface area contributed by atoms with Crippen LogP contribution in [0.2, 0.25) is 0 Å². The molecule has 0 fully saturated rings. The van der Waals surface area contributed by atoms with Gasteiger partial charge in [0.1, 0.15) is 12.4 Å². The fraction of sp³-hybridized carbons (Fsp3) is 0.172. The summed E-state index contributed by atoms with van der Waals surface area (Å²) in [4.78, 5) is 2.37. The highest BCUT2D eigenvalue weighted by molar-refractivity contribution is 5.87. The molecule has 0 aliphatic heterocycles. The minimum Gasteiger partial charge on any atom is -0.488 e. The van der Waals surface area contributed by atoms with Gasteiger partial charge >= 0.3 is 0 Å². The van der Waals surface area contributed by atoms with E-state index in [0.29, 0.717) is 6.61 Å². The molecular weight excluding hydrogens is 378 g/mol. The second-order valence-electron chi connectivity index (χ2n) is 7.50. The van der Waals surface area contributed by atoms with E-state index in [1.54, 1.807) is 0 Å². The van der Waals surface area contributed by atoms with Crippen LogP contribution < -0.4 is 9.64 Å². The minimum absolute atomic E-state index is 0.532. The molecule has 0 atom stereocenters. The normalized spacial score (nSPS) is 10.6. The van der Waals surface area contributed by atoms with Crippen molar-refractivity contribution in [2.45, 2.75) is 20.5 Å². The summed E-state index contributed by atoms with van der Waals surface area (Å²) in [5, 5.41) is 0. The van der Waals surface area contributed by atoms with Gasteiger partial charge in [-0.1, -0.05) is 91.0 Å². The molecule has 0 heterocycles. The molecule has 0 amide bonds. The van der Waals surface area contributed by atoms with Gasteiger partial charge in [-0.3, -0.25) is 0 Å². The van der Waals surface area contributed by atoms with Gasteiger partial charge in [0.15, 0.2) is 0 Å². The number of rotatable bonds is 8. The van der Waals surface area contributed by atoms with Crippen LogP contribution in [0.1, 0.15) is 19.4 Å². The lowest BCUT2D eigenvalue weighted by atomic mass is 9.94. The van der Waals surface area contributed by atoms with Crippen LogP contribution in [0.5, 0.6) is 5.75 Å². The summed E-state index contributed by atoms with van der Waals surface area (Å²) in [5.41, 5.74) is 7.11. The first kappa shape index (κ1) is 20.7. The van der Waals surface area contributed by atoms with E-state index in [1.807, 2.05) is 0 Å². The summed E-state index contributed by atoms with van der Waals surface area (Å²) >= 11 is 0. The van der Waals surface area contributed by atoms with Crippen molar-refractivity contribution < 1.29 is 4.74 Å². The smallest absolute Gasteiger partial charge is 0.128 e. The molecule has 2 heteroatoms. The van der Waals surface area contributed by atoms with E-state index in [2.05, 4.69) is 122 Å². The quantitative estimate of drug-likeness (QED) is 0.301. The van der Waals surface area contributed by atoms with Crippen molar-refractivity contribution >= 4 is 5.69 Å². The van der Waals surface area contributed by atoms with Gasteiger partial charge in [-0.15, -0.1) is 0 Å². The summed E-state index contributed by atoms with van der Waals surface area (Å²) in [7, 11) is 0. The highest BCUT2D eigenvalue weighted by Crippen LogP contribution is 2.39. The number of anilines is 1. The lowest BCUT2D eigenvalue weighted by Gasteiger charge is -2.24. The second kappa shape index (κ2) is 9.99. The van der Waals surface area contributed by atoms with Gasteiger partial charge in [-0.05, 0) is 42.7 Å². The van der Waals surface area contributed by atoms with Crippen molar-refractivity contribution in [3.8, 4) is 28.0 Å². The van der Waals surface area contributed by atoms with Crippen LogP contribution in [0, 0.1) is 0 Å². The Morgan fingerprint density at radius 1 is 0.613 bits per heavy atom. The van der Waals surface area contributed by atoms with E-state index in [0.717, 1.165) is 30.0 Å². The third-order valence-electron chi connectivity index (χ3n) is 5.65. The Bertz CT molecular complexity index is 1100. The Labute approximate surface area is 185 Å². The summed E-state index contributed by atoms with van der Waals surface area (Å²) in [5.74, 6) is 0.905. The zero-order valence-electron chi connectivity index (χ0n) is 18.3. The van der Waals surface area contributed by atoms with Gasteiger partial charge in [-0.2, -0.15) is 0 Å². The summed E-state index contributed by atoms with van der Waals surface area (Å²) in [6, 6.07) is 35.9. The van der Waals surface area contributed by atoms with Crippen LogP contribution in [-0.2, 0) is 6.61 Å². The molecule has 0 aromatic heterocycles. The van der Waals surface area contributed by atoms with E-state index in [1.165, 1.54) is 22.4 Å². The fourth-order valence-electron chi connectivity index (χ4n) is 4.07. The molecular formula is C29H29NO. The average molecular weight is 408 g/mol. The lowest BCUT2D eigenvalue weighted by Crippen LogP contribution is -2.23. The molecule has 4 aromatic rings. The van der Waals surface area contributed by atoms with Crippen LogP contribution in [0.25, 0.3) is 22.3 Å². The molecule has 4 aromatic carbocycles. The predicted octanol–water partition coefficient (Wildman–Crippen LogP) is 7.45. The van der Waals surface area contributed by atoms with Gasteiger partial charge < -0.3 is 9.64 Å². The highest BCUT2D eigenvalue weighted by atomic mass is 16.5. The molecule has 0 spiro atoms. The van der Waals surface area contributed by atoms with Crippen LogP contribution in [0.3, 0.4) is 0 Å². The number of hydrogen-bond donors (Lipinski definition) is 0. The van der Waals surface area contributed by atoms with Crippen LogP contribution in [0.15, 0.2) is 103 Å². The molecule has 2 nitrogen and oxygen atoms in total. The third kappa shape index (κ3) is 4.64. The van der Waals surface area contributed by atoms with E-state index in [9.17, 15) is 0 Å². The first-order chi connectivity index (χ1) is 15.3. The molecule has 0 aliphatic carbocycles. The zero-order chi connectivity index (χ0) is 21.5. The van der Waals surface area contributed by atoms with Gasteiger partial charge in [0.2, 0.25) is 0 Å². The van der Waals surface area contributed by atoms with Crippen molar-refractivity contribution in [2.75, 3.05) is 18.0 Å².